The van der Waals surface area contributed by atoms with E-state index in [-0.39, 0.29) is 32.7 Å². The number of ether oxygens (including phenoxy) is 1. The van der Waals surface area contributed by atoms with Gasteiger partial charge < -0.3 is 14.9 Å². The third-order valence-electron chi connectivity index (χ3n) is 3.10. The molecule has 23 heavy (non-hydrogen) atoms. The Morgan fingerprint density at radius 1 is 1.04 bits per heavy atom. The maximum atomic E-state index is 12.3. The van der Waals surface area contributed by atoms with Crippen LogP contribution in [0.3, 0.4) is 0 Å². The summed E-state index contributed by atoms with van der Waals surface area (Å²) < 4.78 is 5.10. The number of aryl methyl sites for hydroxylation is 2. The van der Waals surface area contributed by atoms with Crippen LogP contribution in [0, 0.1) is 13.8 Å². The van der Waals surface area contributed by atoms with Crippen LogP contribution in [-0.4, -0.2) is 22.2 Å². The van der Waals surface area contributed by atoms with Crippen molar-refractivity contribution in [3.63, 3.8) is 0 Å². The van der Waals surface area contributed by atoms with E-state index in [9.17, 15) is 19.8 Å². The van der Waals surface area contributed by atoms with Crippen molar-refractivity contribution in [2.45, 2.75) is 13.8 Å². The van der Waals surface area contributed by atoms with Gasteiger partial charge in [-0.1, -0.05) is 29.3 Å². The van der Waals surface area contributed by atoms with Gasteiger partial charge in [0.05, 0.1) is 5.02 Å². The number of aromatic hydroxyl groups is 1. The molecule has 2 aromatic carbocycles. The summed E-state index contributed by atoms with van der Waals surface area (Å²) >= 11 is 11.7. The van der Waals surface area contributed by atoms with Crippen LogP contribution in [0.2, 0.25) is 10.0 Å². The molecule has 0 radical (unpaired) electrons. The first-order valence-corrected chi connectivity index (χ1v) is 7.21. The van der Waals surface area contributed by atoms with Crippen LogP contribution >= 0.6 is 23.2 Å². The van der Waals surface area contributed by atoms with Crippen LogP contribution in [-0.2, 0) is 0 Å². The Labute approximate surface area is 142 Å². The smallest absolute Gasteiger partial charge is 0.347 e. The van der Waals surface area contributed by atoms with Crippen LogP contribution in [0.25, 0.3) is 0 Å². The number of phenols is 1. The Bertz CT molecular complexity index is 815. The van der Waals surface area contributed by atoms with E-state index in [1.165, 1.54) is 12.1 Å². The molecule has 0 aromatic heterocycles. The molecule has 5 nitrogen and oxygen atoms in total. The first-order valence-electron chi connectivity index (χ1n) is 6.45. The molecule has 0 heterocycles. The second-order valence-electron chi connectivity index (χ2n) is 4.94. The number of carbonyl (C=O) groups excluding carboxylic acids is 1. The summed E-state index contributed by atoms with van der Waals surface area (Å²) in [5, 5.41) is 19.2. The molecule has 0 bridgehead atoms. The highest BCUT2D eigenvalue weighted by Gasteiger charge is 2.22. The first kappa shape index (κ1) is 17.1. The summed E-state index contributed by atoms with van der Waals surface area (Å²) in [5.41, 5.74) is 0.815. The zero-order chi connectivity index (χ0) is 17.3. The zero-order valence-electron chi connectivity index (χ0n) is 12.2. The average molecular weight is 355 g/mol. The van der Waals surface area contributed by atoms with Crippen LogP contribution in [0.5, 0.6) is 11.5 Å². The van der Waals surface area contributed by atoms with E-state index in [0.29, 0.717) is 5.56 Å². The lowest BCUT2D eigenvalue weighted by Crippen LogP contribution is -2.13. The predicted octanol–water partition coefficient (Wildman–Crippen LogP) is 4.23. The van der Waals surface area contributed by atoms with Crippen LogP contribution < -0.4 is 4.74 Å². The van der Waals surface area contributed by atoms with Crippen LogP contribution in [0.15, 0.2) is 24.3 Å². The first-order chi connectivity index (χ1) is 10.7. The number of carboxylic acids is 1. The standard InChI is InChI=1S/C16H12Cl2O5/c1-7-3-8(2)13(19)10(4-7)16(22)23-14-11(15(20)21)5-9(17)6-12(14)18/h3-6,19H,1-2H3,(H,20,21). The molecule has 0 aliphatic carbocycles. The lowest BCUT2D eigenvalue weighted by atomic mass is 10.1. The molecule has 7 heteroatoms. The number of rotatable bonds is 3. The van der Waals surface area contributed by atoms with Crippen molar-refractivity contribution < 1.29 is 24.5 Å². The molecule has 2 N–H and O–H groups in total. The second-order valence-corrected chi connectivity index (χ2v) is 5.78. The molecule has 0 amide bonds. The number of halogens is 2. The van der Waals surface area contributed by atoms with Crippen molar-refractivity contribution in [3.05, 3.63) is 56.6 Å². The number of hydrogen-bond acceptors (Lipinski definition) is 4. The summed E-state index contributed by atoms with van der Waals surface area (Å²) in [5.74, 6) is -2.82. The minimum Gasteiger partial charge on any atom is -0.507 e. The molecule has 0 saturated carbocycles. The molecule has 0 atom stereocenters. The minimum absolute atomic E-state index is 0.0788. The summed E-state index contributed by atoms with van der Waals surface area (Å²) in [6, 6.07) is 5.53. The maximum absolute atomic E-state index is 12.3. The Balaban J connectivity index is 2.48. The van der Waals surface area contributed by atoms with Gasteiger partial charge in [-0.05, 0) is 43.2 Å². The number of esters is 1. The molecule has 0 unspecified atom stereocenters. The number of carboxylic acid groups (broad SMARTS) is 1. The third-order valence-corrected chi connectivity index (χ3v) is 3.60. The van der Waals surface area contributed by atoms with Gasteiger partial charge in [0.25, 0.3) is 0 Å². The normalized spacial score (nSPS) is 10.4. The Hall–Kier alpha value is -2.24. The highest BCUT2D eigenvalue weighted by molar-refractivity contribution is 6.36. The van der Waals surface area contributed by atoms with Gasteiger partial charge in [0, 0.05) is 5.02 Å². The van der Waals surface area contributed by atoms with Gasteiger partial charge in [-0.25, -0.2) is 9.59 Å². The number of aromatic carboxylic acids is 1. The quantitative estimate of drug-likeness (QED) is 0.636. The molecule has 0 fully saturated rings. The fourth-order valence-corrected chi connectivity index (χ4v) is 2.62. The van der Waals surface area contributed by atoms with E-state index < -0.39 is 11.9 Å². The molecular weight excluding hydrogens is 343 g/mol. The zero-order valence-corrected chi connectivity index (χ0v) is 13.7. The van der Waals surface area contributed by atoms with Gasteiger partial charge in [0.15, 0.2) is 5.75 Å². The largest absolute Gasteiger partial charge is 0.507 e. The average Bonchev–Trinajstić information content (AvgIpc) is 2.44. The molecule has 2 rings (SSSR count). The Kier molecular flexibility index (Phi) is 4.82. The van der Waals surface area contributed by atoms with Crippen molar-refractivity contribution in [2.75, 3.05) is 0 Å². The highest BCUT2D eigenvalue weighted by atomic mass is 35.5. The van der Waals surface area contributed by atoms with Crippen LogP contribution in [0.1, 0.15) is 31.8 Å². The predicted molar refractivity (Wildman–Crippen MR) is 86.0 cm³/mol. The van der Waals surface area contributed by atoms with Crippen molar-refractivity contribution in [1.29, 1.82) is 0 Å². The summed E-state index contributed by atoms with van der Waals surface area (Å²) in [7, 11) is 0. The van der Waals surface area contributed by atoms with Crippen molar-refractivity contribution in [3.8, 4) is 11.5 Å². The minimum atomic E-state index is -1.35. The van der Waals surface area contributed by atoms with E-state index in [0.717, 1.165) is 11.6 Å². The third kappa shape index (κ3) is 3.57. The van der Waals surface area contributed by atoms with E-state index >= 15 is 0 Å². The Morgan fingerprint density at radius 3 is 2.30 bits per heavy atom. The van der Waals surface area contributed by atoms with Crippen LogP contribution in [0.4, 0.5) is 0 Å². The molecule has 0 spiro atoms. The van der Waals surface area contributed by atoms with Gasteiger partial charge in [-0.2, -0.15) is 0 Å². The van der Waals surface area contributed by atoms with E-state index in [4.69, 9.17) is 27.9 Å². The van der Waals surface area contributed by atoms with Gasteiger partial charge in [0.2, 0.25) is 0 Å². The molecular formula is C16H12Cl2O5. The summed E-state index contributed by atoms with van der Waals surface area (Å²) in [6.07, 6.45) is 0. The number of phenolic OH excluding ortho intramolecular Hbond substituents is 1. The van der Waals surface area contributed by atoms with Crippen molar-refractivity contribution in [2.24, 2.45) is 0 Å². The van der Waals surface area contributed by atoms with E-state index in [2.05, 4.69) is 0 Å². The second kappa shape index (κ2) is 6.48. The summed E-state index contributed by atoms with van der Waals surface area (Å²) in [4.78, 5) is 23.5. The van der Waals surface area contributed by atoms with Crippen molar-refractivity contribution >= 4 is 35.1 Å². The van der Waals surface area contributed by atoms with Gasteiger partial charge >= 0.3 is 11.9 Å². The van der Waals surface area contributed by atoms with Gasteiger partial charge in [-0.15, -0.1) is 0 Å². The molecule has 0 aliphatic heterocycles. The van der Waals surface area contributed by atoms with E-state index in [1.807, 2.05) is 0 Å². The monoisotopic (exact) mass is 354 g/mol. The van der Waals surface area contributed by atoms with Crippen molar-refractivity contribution in [1.82, 2.24) is 0 Å². The van der Waals surface area contributed by atoms with Gasteiger partial charge in [0.1, 0.15) is 16.9 Å². The fourth-order valence-electron chi connectivity index (χ4n) is 2.09. The molecule has 0 aliphatic rings. The number of hydrogen-bond donors (Lipinski definition) is 2. The topological polar surface area (TPSA) is 83.8 Å². The molecule has 0 saturated heterocycles. The van der Waals surface area contributed by atoms with E-state index in [1.54, 1.807) is 19.9 Å². The maximum Gasteiger partial charge on any atom is 0.347 e. The molecule has 2 aromatic rings. The highest BCUT2D eigenvalue weighted by Crippen LogP contribution is 2.34. The van der Waals surface area contributed by atoms with Gasteiger partial charge in [-0.3, -0.25) is 0 Å². The number of benzene rings is 2. The molecule has 120 valence electrons. The fraction of sp³-hybridized carbons (Fsp3) is 0.125. The number of carbonyl (C=O) groups is 2. The lowest BCUT2D eigenvalue weighted by molar-refractivity contribution is 0.0681. The summed E-state index contributed by atoms with van der Waals surface area (Å²) in [6.45, 7) is 3.39. The lowest BCUT2D eigenvalue weighted by Gasteiger charge is -2.12. The Morgan fingerprint density at radius 2 is 1.70 bits per heavy atom. The SMILES string of the molecule is Cc1cc(C)c(O)c(C(=O)Oc2c(Cl)cc(Cl)cc2C(=O)O)c1.